The quantitative estimate of drug-likeness (QED) is 0.354. The number of carbonyl (C=O) groups is 2. The fourth-order valence-electron chi connectivity index (χ4n) is 5.22. The van der Waals surface area contributed by atoms with Gasteiger partial charge in [-0.25, -0.2) is 9.18 Å². The Morgan fingerprint density at radius 3 is 2.41 bits per heavy atom. The molecule has 8 nitrogen and oxygen atoms in total. The first-order valence-corrected chi connectivity index (χ1v) is 14.5. The van der Waals surface area contributed by atoms with E-state index in [1.165, 1.54) is 16.5 Å². The van der Waals surface area contributed by atoms with E-state index in [1.807, 2.05) is 32.9 Å². The standard InChI is InChI=1S/C28H33F4N5O3S/c1-5-41(13-8-21-17(2)14-20(15-18(21)3)36(4)26(33)39)37-11-9-27(10-12-37)25(38)34-24(35-27)19-6-7-22(29)23(16-19)40-28(30,31)32/h5-7,14-16H,8-13H2,1-4H3,(H2,33,39)(H,34,35,38). The van der Waals surface area contributed by atoms with Gasteiger partial charge in [0.2, 0.25) is 0 Å². The number of nitrogens with one attached hydrogen (secondary N) is 1. The Labute approximate surface area is 238 Å². The molecule has 1 saturated heterocycles. The number of nitrogens with zero attached hydrogens (tertiary/aromatic N) is 3. The molecular formula is C28H33F4N5O3S. The van der Waals surface area contributed by atoms with E-state index in [9.17, 15) is 27.2 Å². The highest BCUT2D eigenvalue weighted by Crippen LogP contribution is 2.36. The van der Waals surface area contributed by atoms with Crippen LogP contribution in [-0.4, -0.2) is 65.2 Å². The Balaban J connectivity index is 1.43. The highest BCUT2D eigenvalue weighted by Gasteiger charge is 2.46. The van der Waals surface area contributed by atoms with Crippen molar-refractivity contribution in [3.8, 4) is 5.75 Å². The minimum Gasteiger partial charge on any atom is -0.403 e. The number of nitrogens with two attached hydrogens (primary N) is 1. The molecule has 0 radical (unpaired) electrons. The van der Waals surface area contributed by atoms with Crippen LogP contribution in [0.5, 0.6) is 5.75 Å². The summed E-state index contributed by atoms with van der Waals surface area (Å²) in [7, 11) is 1.47. The smallest absolute Gasteiger partial charge is 0.403 e. The fourth-order valence-corrected chi connectivity index (χ4v) is 7.08. The predicted molar refractivity (Wildman–Crippen MR) is 153 cm³/mol. The van der Waals surface area contributed by atoms with Crippen molar-refractivity contribution in [2.75, 3.05) is 30.8 Å². The van der Waals surface area contributed by atoms with Crippen LogP contribution in [0.2, 0.25) is 0 Å². The maximum Gasteiger partial charge on any atom is 0.573 e. The lowest BCUT2D eigenvalue weighted by Gasteiger charge is -2.37. The first-order valence-electron chi connectivity index (χ1n) is 13.1. The fraction of sp³-hybridized carbons (Fsp3) is 0.429. The van der Waals surface area contributed by atoms with E-state index < -0.39 is 29.5 Å². The minimum absolute atomic E-state index is 0.105. The molecule has 2 aromatic rings. The summed E-state index contributed by atoms with van der Waals surface area (Å²) in [5.41, 5.74) is 8.66. The Kier molecular flexibility index (Phi) is 8.78. The molecule has 4 rings (SSSR count). The number of rotatable bonds is 7. The third kappa shape index (κ3) is 6.72. The van der Waals surface area contributed by atoms with Crippen molar-refractivity contribution in [2.24, 2.45) is 10.7 Å². The molecule has 1 atom stereocenters. The average Bonchev–Trinajstić information content (AvgIpc) is 3.21. The van der Waals surface area contributed by atoms with Crippen LogP contribution in [0.15, 0.2) is 35.3 Å². The van der Waals surface area contributed by atoms with Crippen LogP contribution in [0.3, 0.4) is 0 Å². The van der Waals surface area contributed by atoms with Crippen molar-refractivity contribution < 1.29 is 31.9 Å². The first kappa shape index (κ1) is 30.5. The highest BCUT2D eigenvalue weighted by molar-refractivity contribution is 8.12. The topological polar surface area (TPSA) is 100 Å². The van der Waals surface area contributed by atoms with Crippen LogP contribution in [0.25, 0.3) is 0 Å². The Hall–Kier alpha value is -3.45. The number of anilines is 1. The zero-order chi connectivity index (χ0) is 30.1. The lowest BCUT2D eigenvalue weighted by atomic mass is 9.89. The van der Waals surface area contributed by atoms with Crippen molar-refractivity contribution in [1.29, 1.82) is 0 Å². The van der Waals surface area contributed by atoms with Crippen LogP contribution >= 0.6 is 10.7 Å². The van der Waals surface area contributed by atoms with Crippen LogP contribution in [-0.2, 0) is 11.2 Å². The van der Waals surface area contributed by atoms with Crippen molar-refractivity contribution in [2.45, 2.75) is 51.9 Å². The monoisotopic (exact) mass is 595 g/mol. The molecule has 0 aliphatic carbocycles. The molecule has 0 aromatic heterocycles. The minimum atomic E-state index is -5.05. The number of hydrogen-bond donors (Lipinski definition) is 2. The number of carbonyl (C=O) groups excluding carboxylic acids is 2. The van der Waals surface area contributed by atoms with E-state index in [1.54, 1.807) is 7.05 Å². The van der Waals surface area contributed by atoms with Gasteiger partial charge < -0.3 is 15.8 Å². The van der Waals surface area contributed by atoms with Gasteiger partial charge in [0.05, 0.1) is 0 Å². The lowest BCUT2D eigenvalue weighted by molar-refractivity contribution is -0.275. The van der Waals surface area contributed by atoms with Gasteiger partial charge in [-0.3, -0.25) is 19.0 Å². The number of amides is 3. The maximum atomic E-state index is 13.9. The summed E-state index contributed by atoms with van der Waals surface area (Å²) in [6.07, 6.45) is -3.33. The molecule has 1 unspecified atom stereocenters. The third-order valence-electron chi connectivity index (χ3n) is 7.52. The summed E-state index contributed by atoms with van der Waals surface area (Å²) in [6, 6.07) is 6.40. The van der Waals surface area contributed by atoms with Gasteiger partial charge in [-0.05, 0) is 87.1 Å². The Morgan fingerprint density at radius 2 is 1.85 bits per heavy atom. The van der Waals surface area contributed by atoms with E-state index in [4.69, 9.17) is 5.73 Å². The van der Waals surface area contributed by atoms with E-state index in [0.29, 0.717) is 25.9 Å². The van der Waals surface area contributed by atoms with Gasteiger partial charge >= 0.3 is 12.4 Å². The van der Waals surface area contributed by atoms with Gasteiger partial charge in [-0.1, -0.05) is 5.37 Å². The number of amidine groups is 1. The van der Waals surface area contributed by atoms with E-state index in [2.05, 4.69) is 24.7 Å². The second-order valence-corrected chi connectivity index (χ2v) is 12.3. The second-order valence-electron chi connectivity index (χ2n) is 10.1. The molecule has 0 bridgehead atoms. The SMILES string of the molecule is C/C=S(/CCc1c(C)cc(N(C)C(N)=O)cc1C)N1CCC2(CC1)N=C(c1ccc(F)c(OC(F)(F)F)c1)NC2=O. The molecule has 1 fully saturated rings. The molecule has 222 valence electrons. The molecule has 1 spiro atoms. The number of alkyl halides is 3. The summed E-state index contributed by atoms with van der Waals surface area (Å²) in [6.45, 7) is 7.29. The van der Waals surface area contributed by atoms with Crippen LogP contribution in [0.1, 0.15) is 42.0 Å². The molecule has 3 amide bonds. The number of piperidine rings is 1. The number of primary amides is 1. The van der Waals surface area contributed by atoms with E-state index in [-0.39, 0.29) is 28.0 Å². The van der Waals surface area contributed by atoms with Crippen LogP contribution in [0.4, 0.5) is 28.0 Å². The molecule has 2 heterocycles. The number of benzene rings is 2. The number of aryl methyl sites for hydroxylation is 2. The molecule has 2 aliphatic heterocycles. The van der Waals surface area contributed by atoms with E-state index >= 15 is 0 Å². The van der Waals surface area contributed by atoms with Gasteiger partial charge in [-0.15, -0.1) is 23.8 Å². The van der Waals surface area contributed by atoms with Gasteiger partial charge in [0.1, 0.15) is 11.4 Å². The predicted octanol–water partition coefficient (Wildman–Crippen LogP) is 4.82. The summed E-state index contributed by atoms with van der Waals surface area (Å²) < 4.78 is 58.0. The van der Waals surface area contributed by atoms with Crippen LogP contribution in [0, 0.1) is 19.7 Å². The lowest BCUT2D eigenvalue weighted by Crippen LogP contribution is -2.47. The molecular weight excluding hydrogens is 562 g/mol. The van der Waals surface area contributed by atoms with Crippen molar-refractivity contribution in [3.05, 3.63) is 58.4 Å². The van der Waals surface area contributed by atoms with Crippen molar-refractivity contribution in [1.82, 2.24) is 9.62 Å². The number of ether oxygens (including phenoxy) is 1. The number of aliphatic imine (C=N–C) groups is 1. The normalized spacial score (nSPS) is 17.9. The summed E-state index contributed by atoms with van der Waals surface area (Å²) in [4.78, 5) is 30.6. The van der Waals surface area contributed by atoms with Crippen molar-refractivity contribution >= 4 is 39.5 Å². The number of urea groups is 1. The zero-order valence-electron chi connectivity index (χ0n) is 23.3. The zero-order valence-corrected chi connectivity index (χ0v) is 24.1. The molecule has 41 heavy (non-hydrogen) atoms. The Bertz CT molecular complexity index is 1390. The maximum absolute atomic E-state index is 13.9. The van der Waals surface area contributed by atoms with Crippen molar-refractivity contribution in [3.63, 3.8) is 0 Å². The summed E-state index contributed by atoms with van der Waals surface area (Å²) in [5.74, 6) is -1.48. The highest BCUT2D eigenvalue weighted by atomic mass is 32.2. The summed E-state index contributed by atoms with van der Waals surface area (Å²) in [5, 5.41) is 4.84. The first-order chi connectivity index (χ1) is 19.2. The molecule has 13 heteroatoms. The third-order valence-corrected chi connectivity index (χ3v) is 9.72. The molecule has 2 aliphatic rings. The molecule has 0 saturated carbocycles. The van der Waals surface area contributed by atoms with Gasteiger partial charge in [0.25, 0.3) is 5.91 Å². The Morgan fingerprint density at radius 1 is 1.22 bits per heavy atom. The number of hydrogen-bond acceptors (Lipinski definition) is 5. The van der Waals surface area contributed by atoms with Crippen LogP contribution < -0.4 is 20.7 Å². The van der Waals surface area contributed by atoms with E-state index in [0.717, 1.165) is 41.1 Å². The molecule has 3 N–H and O–H groups in total. The average molecular weight is 596 g/mol. The molecule has 2 aromatic carbocycles. The number of halogens is 4. The van der Waals surface area contributed by atoms with Gasteiger partial charge in [-0.2, -0.15) is 0 Å². The second kappa shape index (κ2) is 11.8. The largest absolute Gasteiger partial charge is 0.573 e. The summed E-state index contributed by atoms with van der Waals surface area (Å²) >= 11 is 0. The van der Waals surface area contributed by atoms with Gasteiger partial charge in [0, 0.05) is 37.1 Å². The van der Waals surface area contributed by atoms with Gasteiger partial charge in [0.15, 0.2) is 11.6 Å².